The van der Waals surface area contributed by atoms with E-state index < -0.39 is 11.6 Å². The molecule has 7 nitrogen and oxygen atoms in total. The molecular weight excluding hydrogens is 466 g/mol. The molecule has 0 bridgehead atoms. The Morgan fingerprint density at radius 1 is 1.03 bits per heavy atom. The highest BCUT2D eigenvalue weighted by molar-refractivity contribution is 5.45. The summed E-state index contributed by atoms with van der Waals surface area (Å²) in [6, 6.07) is 8.55. The Bertz CT molecular complexity index is 1250. The molecule has 9 heteroatoms. The minimum atomic E-state index is -0.778. The van der Waals surface area contributed by atoms with Crippen molar-refractivity contribution in [3.63, 3.8) is 0 Å². The topological polar surface area (TPSA) is 71.0 Å². The maximum atomic E-state index is 14.5. The standard InChI is InChI=1S/C27H30F2N4O3/c1-17-7-11-33(12-8-17)27-30-22-9-10-32(15-18-3-5-23(34)25(13-18)35-2)16-20(22)26(31-27)36-24-6-4-19(28)14-21(24)29/h3-6,13-14,17,34H,7-12,15-16H2,1-2H3. The van der Waals surface area contributed by atoms with E-state index in [-0.39, 0.29) is 11.5 Å². The molecule has 0 unspecified atom stereocenters. The van der Waals surface area contributed by atoms with Gasteiger partial charge in [-0.25, -0.2) is 13.8 Å². The lowest BCUT2D eigenvalue weighted by Gasteiger charge is -2.33. The van der Waals surface area contributed by atoms with Crippen LogP contribution in [0.25, 0.3) is 0 Å². The third-order valence-electron chi connectivity index (χ3n) is 6.91. The molecule has 2 aliphatic heterocycles. The van der Waals surface area contributed by atoms with E-state index >= 15 is 0 Å². The molecule has 2 aliphatic rings. The number of ether oxygens (including phenoxy) is 2. The summed E-state index contributed by atoms with van der Waals surface area (Å²) in [4.78, 5) is 14.0. The predicted octanol–water partition coefficient (Wildman–Crippen LogP) is 5.06. The van der Waals surface area contributed by atoms with Gasteiger partial charge in [-0.15, -0.1) is 0 Å². The first-order valence-electron chi connectivity index (χ1n) is 12.3. The van der Waals surface area contributed by atoms with Crippen LogP contribution in [0.5, 0.6) is 23.1 Å². The number of phenolic OH excluding ortho intramolecular Hbond substituents is 1. The number of anilines is 1. The molecule has 1 fully saturated rings. The summed E-state index contributed by atoms with van der Waals surface area (Å²) >= 11 is 0. The van der Waals surface area contributed by atoms with E-state index in [4.69, 9.17) is 19.4 Å². The highest BCUT2D eigenvalue weighted by atomic mass is 19.1. The van der Waals surface area contributed by atoms with Gasteiger partial charge in [0.2, 0.25) is 11.8 Å². The summed E-state index contributed by atoms with van der Waals surface area (Å²) < 4.78 is 39.2. The van der Waals surface area contributed by atoms with Gasteiger partial charge in [0.1, 0.15) is 5.82 Å². The molecule has 0 amide bonds. The summed E-state index contributed by atoms with van der Waals surface area (Å²) in [5.41, 5.74) is 2.67. The van der Waals surface area contributed by atoms with Crippen molar-refractivity contribution >= 4 is 5.95 Å². The van der Waals surface area contributed by atoms with Gasteiger partial charge in [0.05, 0.1) is 18.4 Å². The minimum Gasteiger partial charge on any atom is -0.504 e. The molecule has 0 spiro atoms. The van der Waals surface area contributed by atoms with Gasteiger partial charge in [-0.05, 0) is 48.6 Å². The van der Waals surface area contributed by atoms with Crippen molar-refractivity contribution in [2.45, 2.75) is 39.3 Å². The fourth-order valence-corrected chi connectivity index (χ4v) is 4.74. The lowest BCUT2D eigenvalue weighted by atomic mass is 9.99. The largest absolute Gasteiger partial charge is 0.504 e. The third-order valence-corrected chi connectivity index (χ3v) is 6.91. The summed E-state index contributed by atoms with van der Waals surface area (Å²) in [7, 11) is 1.52. The third kappa shape index (κ3) is 5.21. The van der Waals surface area contributed by atoms with E-state index in [0.717, 1.165) is 55.4 Å². The Morgan fingerprint density at radius 2 is 1.83 bits per heavy atom. The summed E-state index contributed by atoms with van der Waals surface area (Å²) in [6.45, 7) is 5.86. The molecule has 0 saturated carbocycles. The van der Waals surface area contributed by atoms with Crippen molar-refractivity contribution < 1.29 is 23.4 Å². The summed E-state index contributed by atoms with van der Waals surface area (Å²) in [6.07, 6.45) is 2.81. The fourth-order valence-electron chi connectivity index (χ4n) is 4.74. The van der Waals surface area contributed by atoms with E-state index in [9.17, 15) is 13.9 Å². The number of methoxy groups -OCH3 is 1. The normalized spacial score (nSPS) is 16.6. The van der Waals surface area contributed by atoms with Crippen molar-refractivity contribution in [1.82, 2.24) is 14.9 Å². The van der Waals surface area contributed by atoms with Crippen LogP contribution >= 0.6 is 0 Å². The molecule has 190 valence electrons. The van der Waals surface area contributed by atoms with E-state index in [1.54, 1.807) is 6.07 Å². The highest BCUT2D eigenvalue weighted by Gasteiger charge is 2.27. The molecular formula is C27H30F2N4O3. The van der Waals surface area contributed by atoms with Crippen molar-refractivity contribution in [3.05, 3.63) is 64.9 Å². The molecule has 1 saturated heterocycles. The Labute approximate surface area is 209 Å². The van der Waals surface area contributed by atoms with E-state index in [1.807, 2.05) is 12.1 Å². The van der Waals surface area contributed by atoms with Crippen molar-refractivity contribution in [3.8, 4) is 23.1 Å². The van der Waals surface area contributed by atoms with Gasteiger partial charge in [-0.1, -0.05) is 13.0 Å². The number of phenols is 1. The van der Waals surface area contributed by atoms with Gasteiger partial charge < -0.3 is 19.5 Å². The van der Waals surface area contributed by atoms with E-state index in [2.05, 4.69) is 16.7 Å². The average molecular weight is 497 g/mol. The number of nitrogens with zero attached hydrogens (tertiary/aromatic N) is 4. The van der Waals surface area contributed by atoms with Crippen LogP contribution in [-0.2, 0) is 19.5 Å². The average Bonchev–Trinajstić information content (AvgIpc) is 2.87. The van der Waals surface area contributed by atoms with Gasteiger partial charge in [0.15, 0.2) is 23.1 Å². The number of piperidine rings is 1. The Kier molecular flexibility index (Phi) is 6.91. The smallest absolute Gasteiger partial charge is 0.229 e. The summed E-state index contributed by atoms with van der Waals surface area (Å²) in [5, 5.41) is 9.91. The van der Waals surface area contributed by atoms with E-state index in [1.165, 1.54) is 19.2 Å². The molecule has 5 rings (SSSR count). The van der Waals surface area contributed by atoms with Crippen LogP contribution in [0.1, 0.15) is 36.6 Å². The number of hydrogen-bond donors (Lipinski definition) is 1. The zero-order valence-electron chi connectivity index (χ0n) is 20.5. The first-order valence-corrected chi connectivity index (χ1v) is 12.3. The number of fused-ring (bicyclic) bond motifs is 1. The molecule has 3 aromatic rings. The molecule has 0 atom stereocenters. The maximum absolute atomic E-state index is 14.5. The Hall–Kier alpha value is -3.46. The van der Waals surface area contributed by atoms with Crippen LogP contribution in [-0.4, -0.2) is 46.7 Å². The molecule has 2 aromatic carbocycles. The molecule has 0 aliphatic carbocycles. The second-order valence-corrected chi connectivity index (χ2v) is 9.57. The minimum absolute atomic E-state index is 0.0732. The van der Waals surface area contributed by atoms with Crippen LogP contribution in [0.3, 0.4) is 0 Å². The number of benzene rings is 2. The van der Waals surface area contributed by atoms with Gasteiger partial charge in [0.25, 0.3) is 0 Å². The second-order valence-electron chi connectivity index (χ2n) is 9.57. The zero-order valence-corrected chi connectivity index (χ0v) is 20.5. The monoisotopic (exact) mass is 496 g/mol. The lowest BCUT2D eigenvalue weighted by molar-refractivity contribution is 0.237. The number of hydrogen-bond acceptors (Lipinski definition) is 7. The highest BCUT2D eigenvalue weighted by Crippen LogP contribution is 2.34. The Balaban J connectivity index is 1.45. The maximum Gasteiger partial charge on any atom is 0.229 e. The first kappa shape index (κ1) is 24.2. The number of aromatic nitrogens is 2. The quantitative estimate of drug-likeness (QED) is 0.512. The number of halogens is 2. The molecule has 1 aromatic heterocycles. The lowest BCUT2D eigenvalue weighted by Crippen LogP contribution is -2.36. The first-order chi connectivity index (χ1) is 17.4. The van der Waals surface area contributed by atoms with Crippen LogP contribution in [0, 0.1) is 17.6 Å². The summed E-state index contributed by atoms with van der Waals surface area (Å²) in [5.74, 6) is 0.551. The SMILES string of the molecule is COc1cc(CN2CCc3nc(N4CCC(C)CC4)nc(Oc4ccc(F)cc4F)c3C2)ccc1O. The molecule has 36 heavy (non-hydrogen) atoms. The Morgan fingerprint density at radius 3 is 2.58 bits per heavy atom. The van der Waals surface area contributed by atoms with Gasteiger partial charge in [-0.2, -0.15) is 4.98 Å². The zero-order chi connectivity index (χ0) is 25.2. The van der Waals surface area contributed by atoms with Gasteiger partial charge in [0, 0.05) is 45.2 Å². The molecule has 1 N–H and O–H groups in total. The van der Waals surface area contributed by atoms with Crippen LogP contribution in [0.2, 0.25) is 0 Å². The van der Waals surface area contributed by atoms with Crippen molar-refractivity contribution in [2.24, 2.45) is 5.92 Å². The predicted molar refractivity (Wildman–Crippen MR) is 132 cm³/mol. The van der Waals surface area contributed by atoms with E-state index in [0.29, 0.717) is 43.0 Å². The van der Waals surface area contributed by atoms with Gasteiger partial charge in [-0.3, -0.25) is 4.90 Å². The van der Waals surface area contributed by atoms with Crippen LogP contribution in [0.15, 0.2) is 36.4 Å². The number of rotatable bonds is 6. The second kappa shape index (κ2) is 10.3. The van der Waals surface area contributed by atoms with Crippen LogP contribution < -0.4 is 14.4 Å². The molecule has 0 radical (unpaired) electrons. The van der Waals surface area contributed by atoms with Gasteiger partial charge >= 0.3 is 0 Å². The van der Waals surface area contributed by atoms with Crippen molar-refractivity contribution in [2.75, 3.05) is 31.6 Å². The van der Waals surface area contributed by atoms with Crippen molar-refractivity contribution in [1.29, 1.82) is 0 Å². The molecule has 3 heterocycles. The van der Waals surface area contributed by atoms with Crippen LogP contribution in [0.4, 0.5) is 14.7 Å². The number of aromatic hydroxyl groups is 1. The fraction of sp³-hybridized carbons (Fsp3) is 0.407.